The van der Waals surface area contributed by atoms with Gasteiger partial charge in [-0.3, -0.25) is 0 Å². The van der Waals surface area contributed by atoms with E-state index in [0.29, 0.717) is 18.4 Å². The van der Waals surface area contributed by atoms with Gasteiger partial charge in [0.2, 0.25) is 0 Å². The van der Waals surface area contributed by atoms with Gasteiger partial charge in [0.05, 0.1) is 19.3 Å². The average molecular weight is 288 g/mol. The highest BCUT2D eigenvalue weighted by atomic mass is 16.5. The molecule has 0 spiro atoms. The molecule has 1 aliphatic heterocycles. The summed E-state index contributed by atoms with van der Waals surface area (Å²) in [6.45, 7) is 7.33. The number of benzene rings is 1. The van der Waals surface area contributed by atoms with E-state index in [2.05, 4.69) is 26.8 Å². The van der Waals surface area contributed by atoms with Crippen LogP contribution < -0.4 is 0 Å². The van der Waals surface area contributed by atoms with Gasteiger partial charge in [-0.05, 0) is 36.5 Å². The van der Waals surface area contributed by atoms with E-state index in [0.717, 1.165) is 5.56 Å². The molecule has 5 atom stereocenters. The van der Waals surface area contributed by atoms with Crippen molar-refractivity contribution in [2.24, 2.45) is 23.2 Å². The molecular formula is C18H24O3. The Kier molecular flexibility index (Phi) is 3.58. The lowest BCUT2D eigenvalue weighted by molar-refractivity contribution is -0.165. The first-order chi connectivity index (χ1) is 9.99. The van der Waals surface area contributed by atoms with Gasteiger partial charge >= 0.3 is 0 Å². The molecule has 1 aromatic carbocycles. The van der Waals surface area contributed by atoms with Crippen molar-refractivity contribution in [2.45, 2.75) is 26.9 Å². The summed E-state index contributed by atoms with van der Waals surface area (Å²) in [5.41, 5.74) is 2.27. The number of aromatic hydroxyl groups is 1. The van der Waals surface area contributed by atoms with E-state index in [1.54, 1.807) is 12.1 Å². The molecule has 1 heterocycles. The van der Waals surface area contributed by atoms with E-state index in [1.807, 2.05) is 12.1 Å². The number of allylic oxidation sites excluding steroid dienone is 1. The lowest BCUT2D eigenvalue weighted by Gasteiger charge is -2.55. The fourth-order valence-corrected chi connectivity index (χ4v) is 4.25. The van der Waals surface area contributed by atoms with Gasteiger partial charge in [0, 0.05) is 11.3 Å². The maximum atomic E-state index is 9.97. The number of rotatable bonds is 2. The molecule has 2 aliphatic rings. The molecule has 3 nitrogen and oxygen atoms in total. The highest BCUT2D eigenvalue weighted by Gasteiger charge is 2.53. The molecular weight excluding hydrogens is 264 g/mol. The molecule has 3 heteroatoms. The fraction of sp³-hybridized carbons (Fsp3) is 0.556. The number of phenols is 1. The normalized spacial score (nSPS) is 39.0. The number of hydrogen-bond donors (Lipinski definition) is 2. The minimum Gasteiger partial charge on any atom is -0.508 e. The van der Waals surface area contributed by atoms with Crippen molar-refractivity contribution in [2.75, 3.05) is 13.2 Å². The lowest BCUT2D eigenvalue weighted by Crippen LogP contribution is -2.53. The Bertz CT molecular complexity index is 548. The molecule has 2 bridgehead atoms. The Morgan fingerprint density at radius 2 is 1.90 bits per heavy atom. The first kappa shape index (κ1) is 14.6. The molecule has 1 fully saturated rings. The molecule has 0 aromatic heterocycles. The molecule has 2 N–H and O–H groups in total. The molecule has 114 valence electrons. The predicted molar refractivity (Wildman–Crippen MR) is 81.9 cm³/mol. The second-order valence-electron chi connectivity index (χ2n) is 6.73. The van der Waals surface area contributed by atoms with E-state index in [1.165, 1.54) is 5.57 Å². The minimum absolute atomic E-state index is 0.00373. The zero-order chi connectivity index (χ0) is 15.2. The second-order valence-corrected chi connectivity index (χ2v) is 6.73. The van der Waals surface area contributed by atoms with Gasteiger partial charge in [0.15, 0.2) is 0 Å². The van der Waals surface area contributed by atoms with Gasteiger partial charge in [-0.2, -0.15) is 0 Å². The molecule has 1 saturated heterocycles. The summed E-state index contributed by atoms with van der Waals surface area (Å²) in [5.74, 6) is 1.26. The van der Waals surface area contributed by atoms with Crippen LogP contribution in [0, 0.1) is 23.2 Å². The topological polar surface area (TPSA) is 49.7 Å². The quantitative estimate of drug-likeness (QED) is 0.821. The van der Waals surface area contributed by atoms with E-state index >= 15 is 0 Å². The zero-order valence-electron chi connectivity index (χ0n) is 12.9. The second kappa shape index (κ2) is 5.15. The van der Waals surface area contributed by atoms with Crippen molar-refractivity contribution >= 4 is 0 Å². The van der Waals surface area contributed by atoms with Crippen LogP contribution in [-0.4, -0.2) is 23.4 Å². The Morgan fingerprint density at radius 3 is 2.52 bits per heavy atom. The molecule has 3 rings (SSSR count). The average Bonchev–Trinajstić information content (AvgIpc) is 2.46. The predicted octanol–water partition coefficient (Wildman–Crippen LogP) is 3.29. The number of hydrogen-bond acceptors (Lipinski definition) is 3. The lowest BCUT2D eigenvalue weighted by atomic mass is 9.56. The largest absolute Gasteiger partial charge is 0.508 e. The van der Waals surface area contributed by atoms with E-state index in [4.69, 9.17) is 4.74 Å². The van der Waals surface area contributed by atoms with Crippen LogP contribution in [0.15, 0.2) is 35.9 Å². The molecule has 0 radical (unpaired) electrons. The summed E-state index contributed by atoms with van der Waals surface area (Å²) >= 11 is 0. The number of aliphatic hydroxyl groups is 1. The minimum atomic E-state index is -0.169. The molecule has 0 saturated carbocycles. The monoisotopic (exact) mass is 288 g/mol. The van der Waals surface area contributed by atoms with Crippen LogP contribution in [0.3, 0.4) is 0 Å². The third-order valence-corrected chi connectivity index (χ3v) is 5.76. The van der Waals surface area contributed by atoms with Crippen LogP contribution >= 0.6 is 0 Å². The summed E-state index contributed by atoms with van der Waals surface area (Å²) in [5, 5.41) is 19.4. The zero-order valence-corrected chi connectivity index (χ0v) is 12.9. The third-order valence-electron chi connectivity index (χ3n) is 5.76. The van der Waals surface area contributed by atoms with Gasteiger partial charge in [0.25, 0.3) is 0 Å². The summed E-state index contributed by atoms with van der Waals surface area (Å²) in [6.07, 6.45) is 2.31. The summed E-state index contributed by atoms with van der Waals surface area (Å²) < 4.78 is 6.19. The van der Waals surface area contributed by atoms with Crippen molar-refractivity contribution in [3.63, 3.8) is 0 Å². The van der Waals surface area contributed by atoms with Crippen molar-refractivity contribution in [3.05, 3.63) is 41.5 Å². The maximum absolute atomic E-state index is 9.97. The Morgan fingerprint density at radius 1 is 1.24 bits per heavy atom. The number of phenolic OH excluding ortho intramolecular Hbond substituents is 1. The van der Waals surface area contributed by atoms with Crippen molar-refractivity contribution in [1.82, 2.24) is 0 Å². The van der Waals surface area contributed by atoms with Gasteiger partial charge < -0.3 is 14.9 Å². The summed E-state index contributed by atoms with van der Waals surface area (Å²) in [4.78, 5) is 0. The van der Waals surface area contributed by atoms with Gasteiger partial charge in [-0.25, -0.2) is 0 Å². The van der Waals surface area contributed by atoms with Crippen molar-refractivity contribution in [1.29, 1.82) is 0 Å². The maximum Gasteiger partial charge on any atom is 0.115 e. The first-order valence-electron chi connectivity index (χ1n) is 7.69. The Labute approximate surface area is 126 Å². The molecule has 0 unspecified atom stereocenters. The van der Waals surface area contributed by atoms with Crippen LogP contribution in [-0.2, 0) is 4.74 Å². The standard InChI is InChI=1S/C18H24O3/c1-11-8-12(2)18(9-19)10-21-17(16(11)13(18)3)14-4-6-15(20)7-5-14/h4-8,12-13,16-17,19-20H,9-10H2,1-3H3/t12-,13+,16-,17-,18-/m1/s1. The fourth-order valence-electron chi connectivity index (χ4n) is 4.25. The van der Waals surface area contributed by atoms with Crippen molar-refractivity contribution in [3.8, 4) is 5.75 Å². The van der Waals surface area contributed by atoms with Gasteiger partial charge in [-0.15, -0.1) is 0 Å². The number of aliphatic hydroxyl groups excluding tert-OH is 1. The first-order valence-corrected chi connectivity index (χ1v) is 7.69. The van der Waals surface area contributed by atoms with Crippen LogP contribution in [0.5, 0.6) is 5.75 Å². The number of fused-ring (bicyclic) bond motifs is 2. The van der Waals surface area contributed by atoms with Crippen LogP contribution in [0.4, 0.5) is 0 Å². The smallest absolute Gasteiger partial charge is 0.115 e. The Hall–Kier alpha value is -1.32. The molecule has 1 aromatic rings. The van der Waals surface area contributed by atoms with Crippen LogP contribution in [0.25, 0.3) is 0 Å². The summed E-state index contributed by atoms with van der Waals surface area (Å²) in [6, 6.07) is 7.29. The highest BCUT2D eigenvalue weighted by molar-refractivity contribution is 5.31. The van der Waals surface area contributed by atoms with E-state index < -0.39 is 0 Å². The van der Waals surface area contributed by atoms with Crippen LogP contribution in [0.1, 0.15) is 32.4 Å². The third kappa shape index (κ3) is 2.11. The highest BCUT2D eigenvalue weighted by Crippen LogP contribution is 2.55. The van der Waals surface area contributed by atoms with Gasteiger partial charge in [0.1, 0.15) is 5.75 Å². The molecule has 1 aliphatic carbocycles. The van der Waals surface area contributed by atoms with Crippen molar-refractivity contribution < 1.29 is 14.9 Å². The van der Waals surface area contributed by atoms with Gasteiger partial charge in [-0.1, -0.05) is 37.6 Å². The molecule has 21 heavy (non-hydrogen) atoms. The van der Waals surface area contributed by atoms with Crippen LogP contribution in [0.2, 0.25) is 0 Å². The molecule has 0 amide bonds. The SMILES string of the molecule is CC1=C[C@@H](C)[C@@]2(CO)CO[C@H](c3ccc(O)cc3)[C@H]1[C@@H]2C. The number of ether oxygens (including phenoxy) is 1. The summed E-state index contributed by atoms with van der Waals surface area (Å²) in [7, 11) is 0. The Balaban J connectivity index is 2.01. The van der Waals surface area contributed by atoms with E-state index in [-0.39, 0.29) is 29.8 Å². The van der Waals surface area contributed by atoms with E-state index in [9.17, 15) is 10.2 Å².